The van der Waals surface area contributed by atoms with Gasteiger partial charge in [0.15, 0.2) is 0 Å². The van der Waals surface area contributed by atoms with Crippen LogP contribution in [0.1, 0.15) is 86.5 Å². The van der Waals surface area contributed by atoms with E-state index in [-0.39, 0.29) is 34.7 Å². The first-order valence-corrected chi connectivity index (χ1v) is 13.4. The third kappa shape index (κ3) is 3.02. The number of allylic oxidation sites excluding steroid dienone is 3. The fourth-order valence-corrected chi connectivity index (χ4v) is 8.70. The second kappa shape index (κ2) is 7.68. The van der Waals surface area contributed by atoms with Crippen LogP contribution in [-0.2, 0) is 9.47 Å². The predicted octanol–water partition coefficient (Wildman–Crippen LogP) is 6.31. The molecule has 180 valence electrons. The van der Waals surface area contributed by atoms with Crippen LogP contribution in [-0.4, -0.2) is 36.1 Å². The third-order valence-electron chi connectivity index (χ3n) is 11.1. The van der Waals surface area contributed by atoms with Crippen LogP contribution in [0.4, 0.5) is 0 Å². The van der Waals surface area contributed by atoms with Gasteiger partial charge in [-0.25, -0.2) is 0 Å². The molecule has 4 fully saturated rings. The highest BCUT2D eigenvalue weighted by Crippen LogP contribution is 2.72. The van der Waals surface area contributed by atoms with Gasteiger partial charge in [-0.2, -0.15) is 0 Å². The van der Waals surface area contributed by atoms with Crippen molar-refractivity contribution in [1.82, 2.24) is 0 Å². The summed E-state index contributed by atoms with van der Waals surface area (Å²) in [5, 5.41) is 10.5. The molecular formula is C29H46O3. The maximum Gasteiger partial charge on any atom is 0.118 e. The van der Waals surface area contributed by atoms with Crippen LogP contribution < -0.4 is 0 Å². The van der Waals surface area contributed by atoms with Crippen molar-refractivity contribution in [3.05, 3.63) is 23.3 Å². The average Bonchev–Trinajstić information content (AvgIpc) is 3.35. The Morgan fingerprint density at radius 1 is 1.06 bits per heavy atom. The zero-order valence-electron chi connectivity index (χ0n) is 21.5. The van der Waals surface area contributed by atoms with Crippen LogP contribution in [0, 0.1) is 40.4 Å². The Bertz CT molecular complexity index is 813. The van der Waals surface area contributed by atoms with Crippen LogP contribution in [0.15, 0.2) is 23.3 Å². The highest BCUT2D eigenvalue weighted by molar-refractivity contribution is 5.43. The Morgan fingerprint density at radius 2 is 1.81 bits per heavy atom. The number of hydrogen-bond donors (Lipinski definition) is 1. The van der Waals surface area contributed by atoms with E-state index < -0.39 is 0 Å². The lowest BCUT2D eigenvalue weighted by molar-refractivity contribution is -0.0545. The van der Waals surface area contributed by atoms with Gasteiger partial charge in [-0.05, 0) is 79.1 Å². The second-order valence-electron chi connectivity index (χ2n) is 12.8. The normalized spacial score (nSPS) is 49.5. The van der Waals surface area contributed by atoms with Gasteiger partial charge < -0.3 is 14.6 Å². The maximum atomic E-state index is 10.5. The summed E-state index contributed by atoms with van der Waals surface area (Å²) in [7, 11) is 1.88. The summed E-state index contributed by atoms with van der Waals surface area (Å²) >= 11 is 0. The van der Waals surface area contributed by atoms with Crippen molar-refractivity contribution in [1.29, 1.82) is 0 Å². The summed E-state index contributed by atoms with van der Waals surface area (Å²) in [6.07, 6.45) is 12.8. The Kier molecular flexibility index (Phi) is 5.55. The van der Waals surface area contributed by atoms with Gasteiger partial charge in [-0.15, -0.1) is 0 Å². The van der Waals surface area contributed by atoms with Gasteiger partial charge in [0.05, 0.1) is 6.10 Å². The molecule has 0 unspecified atom stereocenters. The van der Waals surface area contributed by atoms with Gasteiger partial charge in [0.1, 0.15) is 17.8 Å². The van der Waals surface area contributed by atoms with E-state index in [4.69, 9.17) is 9.47 Å². The summed E-state index contributed by atoms with van der Waals surface area (Å²) in [5.41, 5.74) is 3.61. The van der Waals surface area contributed by atoms with Gasteiger partial charge in [0, 0.05) is 18.9 Å². The first kappa shape index (κ1) is 23.1. The van der Waals surface area contributed by atoms with Crippen molar-refractivity contribution in [2.24, 2.45) is 40.4 Å². The van der Waals surface area contributed by atoms with Crippen molar-refractivity contribution in [3.63, 3.8) is 0 Å². The SMILES string of the molecule is CO[C@H]1C2=C3CC[C@H]([C@H](C)/C=C/[C@H](C)C(C)C)[C@@]3(C)CC[C@@H]2[C@@]2(C)CC[C@H](O)C[C@@]23O[C@@H]13. The molecule has 0 aromatic rings. The molecule has 0 aromatic heterocycles. The van der Waals surface area contributed by atoms with E-state index in [1.807, 2.05) is 7.11 Å². The molecule has 1 spiro atoms. The molecule has 0 aromatic carbocycles. The molecule has 3 saturated carbocycles. The highest BCUT2D eigenvalue weighted by Gasteiger charge is 2.77. The highest BCUT2D eigenvalue weighted by atomic mass is 16.6. The fraction of sp³-hybridized carbons (Fsp3) is 0.862. The van der Waals surface area contributed by atoms with Gasteiger partial charge in [-0.1, -0.05) is 59.3 Å². The number of hydrogen-bond acceptors (Lipinski definition) is 3. The Labute approximate surface area is 196 Å². The minimum atomic E-state index is -0.217. The maximum absolute atomic E-state index is 10.5. The third-order valence-corrected chi connectivity index (χ3v) is 11.1. The zero-order chi connectivity index (χ0) is 23.1. The lowest BCUT2D eigenvalue weighted by atomic mass is 9.48. The standard InChI is InChI=1S/C29H46O3/c1-17(2)18(3)8-9-19(4)21-10-11-22-24-23(13-14-27(21,22)5)28(6)15-12-20(30)16-29(28)26(32-29)25(24)31-7/h8-9,17-21,23,25-26,30H,10-16H2,1-7H3/b9-8+/t18-,19+,20-,21+,23-,25-,26-,27+,28+,29-/m0/s1. The Morgan fingerprint density at radius 3 is 2.50 bits per heavy atom. The zero-order valence-corrected chi connectivity index (χ0v) is 21.5. The van der Waals surface area contributed by atoms with E-state index in [0.717, 1.165) is 19.3 Å². The molecule has 5 rings (SSSR count). The number of aliphatic hydroxyl groups excluding tert-OH is 1. The first-order valence-electron chi connectivity index (χ1n) is 13.4. The lowest BCUT2D eigenvalue weighted by Crippen LogP contribution is -2.58. The van der Waals surface area contributed by atoms with Crippen molar-refractivity contribution in [2.45, 2.75) is 110 Å². The molecule has 5 aliphatic rings. The molecular weight excluding hydrogens is 396 g/mol. The molecule has 0 bridgehead atoms. The predicted molar refractivity (Wildman–Crippen MR) is 129 cm³/mol. The van der Waals surface area contributed by atoms with E-state index in [1.54, 1.807) is 11.1 Å². The molecule has 1 aliphatic heterocycles. The molecule has 1 saturated heterocycles. The summed E-state index contributed by atoms with van der Waals surface area (Å²) in [4.78, 5) is 0. The van der Waals surface area contributed by atoms with E-state index in [1.165, 1.54) is 25.7 Å². The van der Waals surface area contributed by atoms with Crippen molar-refractivity contribution >= 4 is 0 Å². The number of ether oxygens (including phenoxy) is 2. The van der Waals surface area contributed by atoms with Gasteiger partial charge in [0.2, 0.25) is 0 Å². The molecule has 10 atom stereocenters. The van der Waals surface area contributed by atoms with Crippen LogP contribution in [0.2, 0.25) is 0 Å². The van der Waals surface area contributed by atoms with Crippen molar-refractivity contribution in [3.8, 4) is 0 Å². The van der Waals surface area contributed by atoms with Crippen LogP contribution in [0.25, 0.3) is 0 Å². The van der Waals surface area contributed by atoms with E-state index in [0.29, 0.717) is 29.6 Å². The molecule has 0 amide bonds. The van der Waals surface area contributed by atoms with E-state index in [9.17, 15) is 5.11 Å². The topological polar surface area (TPSA) is 42.0 Å². The second-order valence-corrected chi connectivity index (χ2v) is 12.8. The Hall–Kier alpha value is -0.640. The summed E-state index contributed by atoms with van der Waals surface area (Å²) in [6, 6.07) is 0. The minimum absolute atomic E-state index is 0.0820. The van der Waals surface area contributed by atoms with Crippen LogP contribution in [0.3, 0.4) is 0 Å². The lowest BCUT2D eigenvalue weighted by Gasteiger charge is -2.56. The quantitative estimate of drug-likeness (QED) is 0.401. The molecule has 0 radical (unpaired) electrons. The average molecular weight is 443 g/mol. The monoisotopic (exact) mass is 442 g/mol. The van der Waals surface area contributed by atoms with Crippen molar-refractivity contribution in [2.75, 3.05) is 7.11 Å². The van der Waals surface area contributed by atoms with Crippen molar-refractivity contribution < 1.29 is 14.6 Å². The number of methoxy groups -OCH3 is 1. The van der Waals surface area contributed by atoms with Crippen LogP contribution in [0.5, 0.6) is 0 Å². The molecule has 1 N–H and O–H groups in total. The first-order chi connectivity index (χ1) is 15.1. The smallest absolute Gasteiger partial charge is 0.118 e. The molecule has 3 nitrogen and oxygen atoms in total. The van der Waals surface area contributed by atoms with Crippen LogP contribution >= 0.6 is 0 Å². The van der Waals surface area contributed by atoms with Gasteiger partial charge in [0.25, 0.3) is 0 Å². The van der Waals surface area contributed by atoms with Gasteiger partial charge >= 0.3 is 0 Å². The largest absolute Gasteiger partial charge is 0.393 e. The molecule has 4 aliphatic carbocycles. The number of epoxide rings is 1. The molecule has 32 heavy (non-hydrogen) atoms. The molecule has 1 heterocycles. The minimum Gasteiger partial charge on any atom is -0.393 e. The summed E-state index contributed by atoms with van der Waals surface area (Å²) in [5.74, 6) is 3.21. The van der Waals surface area contributed by atoms with E-state index in [2.05, 4.69) is 53.7 Å². The van der Waals surface area contributed by atoms with E-state index >= 15 is 0 Å². The van der Waals surface area contributed by atoms with Gasteiger partial charge in [-0.3, -0.25) is 0 Å². The number of aliphatic hydroxyl groups is 1. The molecule has 3 heteroatoms. The number of rotatable bonds is 5. The Balaban J connectivity index is 1.49. The fourth-order valence-electron chi connectivity index (χ4n) is 8.70. The summed E-state index contributed by atoms with van der Waals surface area (Å²) < 4.78 is 12.8. The summed E-state index contributed by atoms with van der Waals surface area (Å²) in [6.45, 7) is 14.5. The number of fused-ring (bicyclic) bond motifs is 3.